The molecule has 3 atom stereocenters. The lowest BCUT2D eigenvalue weighted by atomic mass is 9.72. The van der Waals surface area contributed by atoms with Gasteiger partial charge in [0, 0.05) is 5.41 Å². The van der Waals surface area contributed by atoms with Crippen LogP contribution < -0.4 is 0 Å². The molecule has 0 bridgehead atoms. The molecule has 1 saturated carbocycles. The molecular formula is C16H28O4. The second kappa shape index (κ2) is 6.90. The number of carbonyl (C=O) groups excluding carboxylic acids is 1. The highest BCUT2D eigenvalue weighted by Gasteiger charge is 2.48. The Balaban J connectivity index is 1.83. The smallest absolute Gasteiger partial charge is 0.310 e. The number of ether oxygens (including phenoxy) is 3. The van der Waals surface area contributed by atoms with E-state index in [-0.39, 0.29) is 36.5 Å². The zero-order valence-corrected chi connectivity index (χ0v) is 13.0. The molecule has 2 aliphatic rings. The maximum absolute atomic E-state index is 11.6. The Morgan fingerprint density at radius 1 is 1.35 bits per heavy atom. The molecule has 1 saturated heterocycles. The molecular weight excluding hydrogens is 256 g/mol. The molecule has 3 unspecified atom stereocenters. The molecule has 1 spiro atoms. The Labute approximate surface area is 122 Å². The van der Waals surface area contributed by atoms with E-state index >= 15 is 0 Å². The highest BCUT2D eigenvalue weighted by Crippen LogP contribution is 2.49. The predicted octanol–water partition coefficient (Wildman–Crippen LogP) is 3.64. The third kappa shape index (κ3) is 3.53. The zero-order valence-electron chi connectivity index (χ0n) is 13.0. The summed E-state index contributed by atoms with van der Waals surface area (Å²) < 4.78 is 16.9. The minimum Gasteiger partial charge on any atom is -0.438 e. The molecule has 116 valence electrons. The van der Waals surface area contributed by atoms with Crippen molar-refractivity contribution in [3.8, 4) is 0 Å². The van der Waals surface area contributed by atoms with Gasteiger partial charge in [0.25, 0.3) is 0 Å². The molecule has 0 amide bonds. The van der Waals surface area contributed by atoms with Crippen LogP contribution in [0.1, 0.15) is 65.7 Å². The van der Waals surface area contributed by atoms with Crippen molar-refractivity contribution < 1.29 is 19.0 Å². The maximum Gasteiger partial charge on any atom is 0.310 e. The average molecular weight is 284 g/mol. The van der Waals surface area contributed by atoms with Gasteiger partial charge in [0.15, 0.2) is 13.1 Å². The SMILES string of the molecule is CCC(C)C(=O)OCOC1OC(C)CC12CCCCC2. The summed E-state index contributed by atoms with van der Waals surface area (Å²) >= 11 is 0. The molecule has 1 aliphatic heterocycles. The number of carbonyl (C=O) groups is 1. The summed E-state index contributed by atoms with van der Waals surface area (Å²) in [6.45, 7) is 5.97. The van der Waals surface area contributed by atoms with E-state index in [0.717, 1.165) is 12.8 Å². The highest BCUT2D eigenvalue weighted by atomic mass is 16.8. The van der Waals surface area contributed by atoms with Gasteiger partial charge in [0.05, 0.1) is 12.0 Å². The van der Waals surface area contributed by atoms with Crippen molar-refractivity contribution in [1.29, 1.82) is 0 Å². The number of hydrogen-bond acceptors (Lipinski definition) is 4. The van der Waals surface area contributed by atoms with Gasteiger partial charge in [-0.3, -0.25) is 4.79 Å². The van der Waals surface area contributed by atoms with Crippen LogP contribution in [0.2, 0.25) is 0 Å². The van der Waals surface area contributed by atoms with Gasteiger partial charge in [-0.1, -0.05) is 33.1 Å². The molecule has 2 rings (SSSR count). The van der Waals surface area contributed by atoms with E-state index in [1.54, 1.807) is 0 Å². The standard InChI is InChI=1S/C16H28O4/c1-4-12(2)14(17)18-11-19-15-16(10-13(3)20-15)8-6-5-7-9-16/h12-13,15H,4-11H2,1-3H3. The summed E-state index contributed by atoms with van der Waals surface area (Å²) in [4.78, 5) is 11.6. The van der Waals surface area contributed by atoms with Crippen LogP contribution in [0, 0.1) is 11.3 Å². The normalized spacial score (nSPS) is 30.4. The van der Waals surface area contributed by atoms with Gasteiger partial charge in [-0.15, -0.1) is 0 Å². The lowest BCUT2D eigenvalue weighted by Crippen LogP contribution is -2.36. The second-order valence-electron chi connectivity index (χ2n) is 6.46. The van der Waals surface area contributed by atoms with Crippen molar-refractivity contribution in [2.75, 3.05) is 6.79 Å². The number of rotatable bonds is 5. The van der Waals surface area contributed by atoms with Crippen molar-refractivity contribution in [3.63, 3.8) is 0 Å². The van der Waals surface area contributed by atoms with Crippen LogP contribution in [0.25, 0.3) is 0 Å². The largest absolute Gasteiger partial charge is 0.438 e. The second-order valence-corrected chi connectivity index (χ2v) is 6.46. The van der Waals surface area contributed by atoms with Gasteiger partial charge in [-0.25, -0.2) is 0 Å². The van der Waals surface area contributed by atoms with E-state index in [0.29, 0.717) is 0 Å². The fraction of sp³-hybridized carbons (Fsp3) is 0.938. The Morgan fingerprint density at radius 3 is 2.70 bits per heavy atom. The lowest BCUT2D eigenvalue weighted by molar-refractivity contribution is -0.223. The number of hydrogen-bond donors (Lipinski definition) is 0. The average Bonchev–Trinajstić information content (AvgIpc) is 2.74. The van der Waals surface area contributed by atoms with Crippen LogP contribution in [0.3, 0.4) is 0 Å². The first kappa shape index (κ1) is 15.8. The van der Waals surface area contributed by atoms with Crippen molar-refractivity contribution in [2.24, 2.45) is 11.3 Å². The van der Waals surface area contributed by atoms with E-state index in [1.165, 1.54) is 32.1 Å². The van der Waals surface area contributed by atoms with Crippen molar-refractivity contribution >= 4 is 5.97 Å². The topological polar surface area (TPSA) is 44.8 Å². The summed E-state index contributed by atoms with van der Waals surface area (Å²) in [5, 5.41) is 0. The fourth-order valence-corrected chi connectivity index (χ4v) is 3.45. The first-order valence-corrected chi connectivity index (χ1v) is 8.01. The van der Waals surface area contributed by atoms with Crippen molar-refractivity contribution in [3.05, 3.63) is 0 Å². The van der Waals surface area contributed by atoms with E-state index in [4.69, 9.17) is 14.2 Å². The van der Waals surface area contributed by atoms with E-state index in [1.807, 2.05) is 13.8 Å². The van der Waals surface area contributed by atoms with Crippen LogP contribution >= 0.6 is 0 Å². The van der Waals surface area contributed by atoms with E-state index in [9.17, 15) is 4.79 Å². The summed E-state index contributed by atoms with van der Waals surface area (Å²) in [5.74, 6) is -0.248. The summed E-state index contributed by atoms with van der Waals surface area (Å²) in [6, 6.07) is 0. The zero-order chi connectivity index (χ0) is 14.6. The maximum atomic E-state index is 11.6. The fourth-order valence-electron chi connectivity index (χ4n) is 3.45. The molecule has 0 radical (unpaired) electrons. The highest BCUT2D eigenvalue weighted by molar-refractivity contribution is 5.71. The van der Waals surface area contributed by atoms with Crippen molar-refractivity contribution in [2.45, 2.75) is 78.1 Å². The van der Waals surface area contributed by atoms with Crippen LogP contribution in [0.4, 0.5) is 0 Å². The predicted molar refractivity (Wildman–Crippen MR) is 76.0 cm³/mol. The van der Waals surface area contributed by atoms with Gasteiger partial charge < -0.3 is 14.2 Å². The first-order valence-electron chi connectivity index (χ1n) is 8.01. The molecule has 0 aromatic rings. The molecule has 1 aliphatic carbocycles. The first-order chi connectivity index (χ1) is 9.57. The molecule has 0 N–H and O–H groups in total. The Bertz CT molecular complexity index is 322. The van der Waals surface area contributed by atoms with Crippen molar-refractivity contribution in [1.82, 2.24) is 0 Å². The molecule has 0 aromatic carbocycles. The Morgan fingerprint density at radius 2 is 2.05 bits per heavy atom. The number of esters is 1. The minimum atomic E-state index is -0.206. The molecule has 1 heterocycles. The van der Waals surface area contributed by atoms with Gasteiger partial charge in [-0.2, -0.15) is 0 Å². The van der Waals surface area contributed by atoms with E-state index in [2.05, 4.69) is 6.92 Å². The minimum absolute atomic E-state index is 0.0162. The van der Waals surface area contributed by atoms with Gasteiger partial charge in [-0.05, 0) is 32.6 Å². The quantitative estimate of drug-likeness (QED) is 0.571. The monoisotopic (exact) mass is 284 g/mol. The molecule has 4 nitrogen and oxygen atoms in total. The third-order valence-corrected chi connectivity index (χ3v) is 4.83. The van der Waals surface area contributed by atoms with E-state index < -0.39 is 0 Å². The lowest BCUT2D eigenvalue weighted by Gasteiger charge is -2.36. The van der Waals surface area contributed by atoms with Crippen LogP contribution in [-0.4, -0.2) is 25.2 Å². The molecule has 2 fully saturated rings. The molecule has 0 aromatic heterocycles. The van der Waals surface area contributed by atoms with Crippen LogP contribution in [0.5, 0.6) is 0 Å². The Hall–Kier alpha value is -0.610. The molecule has 20 heavy (non-hydrogen) atoms. The van der Waals surface area contributed by atoms with Crippen LogP contribution in [-0.2, 0) is 19.0 Å². The van der Waals surface area contributed by atoms with Crippen LogP contribution in [0.15, 0.2) is 0 Å². The Kier molecular flexibility index (Phi) is 5.44. The molecule has 4 heteroatoms. The summed E-state index contributed by atoms with van der Waals surface area (Å²) in [7, 11) is 0. The van der Waals surface area contributed by atoms with Gasteiger partial charge >= 0.3 is 5.97 Å². The van der Waals surface area contributed by atoms with Gasteiger partial charge in [0.1, 0.15) is 0 Å². The summed E-state index contributed by atoms with van der Waals surface area (Å²) in [5.41, 5.74) is 0.153. The van der Waals surface area contributed by atoms with Gasteiger partial charge in [0.2, 0.25) is 0 Å². The summed E-state index contributed by atoms with van der Waals surface area (Å²) in [6.07, 6.45) is 8.04. The third-order valence-electron chi connectivity index (χ3n) is 4.83.